The van der Waals surface area contributed by atoms with Crippen molar-refractivity contribution < 1.29 is 27.0 Å². The Bertz CT molecular complexity index is 1410. The first-order valence-electron chi connectivity index (χ1n) is 10.5. The number of nitrogens with one attached hydrogen (secondary N) is 1. The average Bonchev–Trinajstić information content (AvgIpc) is 2.83. The first kappa shape index (κ1) is 25.1. The van der Waals surface area contributed by atoms with Crippen LogP contribution >= 0.6 is 11.6 Å². The van der Waals surface area contributed by atoms with Gasteiger partial charge < -0.3 is 14.5 Å². The lowest BCUT2D eigenvalue weighted by Gasteiger charge is -2.12. The number of ether oxygens (including phenoxy) is 2. The summed E-state index contributed by atoms with van der Waals surface area (Å²) in [5.74, 6) is -1.22. The van der Waals surface area contributed by atoms with E-state index in [-0.39, 0.29) is 30.5 Å². The van der Waals surface area contributed by atoms with Crippen LogP contribution in [0.3, 0.4) is 0 Å². The van der Waals surface area contributed by atoms with Crippen molar-refractivity contribution in [1.29, 1.82) is 0 Å². The minimum atomic E-state index is -4.67. The molecule has 0 spiro atoms. The van der Waals surface area contributed by atoms with Crippen LogP contribution in [0.2, 0.25) is 5.02 Å². The molecular formula is C24H17ClF4N4O3. The molecule has 0 amide bonds. The number of alkyl halides is 3. The van der Waals surface area contributed by atoms with Gasteiger partial charge in [-0.2, -0.15) is 18.2 Å². The number of rotatable bonds is 8. The van der Waals surface area contributed by atoms with Crippen LogP contribution in [-0.4, -0.2) is 26.5 Å². The molecule has 0 aliphatic heterocycles. The molecule has 1 N–H and O–H groups in total. The van der Waals surface area contributed by atoms with Gasteiger partial charge in [0, 0.05) is 37.0 Å². The number of nitrogens with zero attached hydrogens (tertiary/aromatic N) is 3. The van der Waals surface area contributed by atoms with Gasteiger partial charge in [-0.05, 0) is 41.5 Å². The minimum absolute atomic E-state index is 0.0108. The van der Waals surface area contributed by atoms with E-state index in [4.69, 9.17) is 21.1 Å². The molecule has 2 heterocycles. The Balaban J connectivity index is 1.35. The van der Waals surface area contributed by atoms with E-state index in [1.807, 2.05) is 0 Å². The topological polar surface area (TPSA) is 90.0 Å². The lowest BCUT2D eigenvalue weighted by Crippen LogP contribution is -2.16. The highest BCUT2D eigenvalue weighted by molar-refractivity contribution is 6.31. The highest BCUT2D eigenvalue weighted by Gasteiger charge is 2.33. The summed E-state index contributed by atoms with van der Waals surface area (Å²) in [6.45, 7) is 0.0839. The fourth-order valence-electron chi connectivity index (χ4n) is 3.21. The number of aromatic amines is 1. The van der Waals surface area contributed by atoms with E-state index in [1.165, 1.54) is 30.7 Å². The Morgan fingerprint density at radius 1 is 1.03 bits per heavy atom. The molecule has 0 unspecified atom stereocenters. The van der Waals surface area contributed by atoms with Gasteiger partial charge in [0.2, 0.25) is 0 Å². The van der Waals surface area contributed by atoms with Gasteiger partial charge in [0.25, 0.3) is 11.6 Å². The highest BCUT2D eigenvalue weighted by atomic mass is 35.5. The van der Waals surface area contributed by atoms with Gasteiger partial charge in [-0.15, -0.1) is 0 Å². The summed E-state index contributed by atoms with van der Waals surface area (Å²) in [4.78, 5) is 26.7. The summed E-state index contributed by atoms with van der Waals surface area (Å²) >= 11 is 5.59. The zero-order valence-corrected chi connectivity index (χ0v) is 19.1. The quantitative estimate of drug-likeness (QED) is 0.314. The van der Waals surface area contributed by atoms with Gasteiger partial charge >= 0.3 is 6.18 Å². The zero-order valence-electron chi connectivity index (χ0n) is 18.4. The fraction of sp³-hybridized carbons (Fsp3) is 0.167. The third-order valence-corrected chi connectivity index (χ3v) is 5.28. The first-order valence-corrected chi connectivity index (χ1v) is 10.8. The van der Waals surface area contributed by atoms with Crippen molar-refractivity contribution >= 4 is 11.6 Å². The van der Waals surface area contributed by atoms with E-state index in [2.05, 4.69) is 19.9 Å². The molecule has 36 heavy (non-hydrogen) atoms. The lowest BCUT2D eigenvalue weighted by atomic mass is 10.1. The number of aromatic nitrogens is 4. The van der Waals surface area contributed by atoms with Crippen LogP contribution in [0, 0.1) is 5.82 Å². The van der Waals surface area contributed by atoms with Crippen molar-refractivity contribution in [3.05, 3.63) is 105 Å². The normalized spacial score (nSPS) is 11.4. The third kappa shape index (κ3) is 6.36. The Hall–Kier alpha value is -3.99. The molecule has 0 atom stereocenters. The van der Waals surface area contributed by atoms with Crippen LogP contribution < -0.4 is 15.0 Å². The smallest absolute Gasteiger partial charge is 0.417 e. The van der Waals surface area contributed by atoms with Crippen LogP contribution in [0.4, 0.5) is 17.6 Å². The second-order valence-corrected chi connectivity index (χ2v) is 7.97. The SMILES string of the molecule is O=c1nc(OCCc2ccc(Oc3ccc(Cl)c(C(F)(F)F)c3)c(F)c2)[nH]cc1Cc1cncnc1. The molecule has 0 saturated heterocycles. The van der Waals surface area contributed by atoms with Crippen molar-refractivity contribution in [2.75, 3.05) is 6.61 Å². The summed E-state index contributed by atoms with van der Waals surface area (Å²) < 4.78 is 64.3. The van der Waals surface area contributed by atoms with Crippen molar-refractivity contribution in [3.63, 3.8) is 0 Å². The third-order valence-electron chi connectivity index (χ3n) is 4.95. The Kier molecular flexibility index (Phi) is 7.49. The molecule has 0 saturated carbocycles. The number of H-pyrrole nitrogens is 1. The molecule has 0 aliphatic rings. The molecule has 2 aromatic heterocycles. The van der Waals surface area contributed by atoms with Gasteiger partial charge in [0.05, 0.1) is 17.2 Å². The predicted molar refractivity (Wildman–Crippen MR) is 122 cm³/mol. The van der Waals surface area contributed by atoms with Crippen LogP contribution in [-0.2, 0) is 19.0 Å². The number of halogens is 5. The molecule has 0 aliphatic carbocycles. The zero-order chi connectivity index (χ0) is 25.7. The maximum Gasteiger partial charge on any atom is 0.417 e. The average molecular weight is 521 g/mol. The largest absolute Gasteiger partial charge is 0.464 e. The monoisotopic (exact) mass is 520 g/mol. The maximum absolute atomic E-state index is 14.5. The van der Waals surface area contributed by atoms with Crippen LogP contribution in [0.1, 0.15) is 22.3 Å². The highest BCUT2D eigenvalue weighted by Crippen LogP contribution is 2.38. The van der Waals surface area contributed by atoms with E-state index in [0.717, 1.165) is 11.6 Å². The summed E-state index contributed by atoms with van der Waals surface area (Å²) in [5.41, 5.74) is 0.165. The van der Waals surface area contributed by atoms with Gasteiger partial charge in [-0.1, -0.05) is 17.7 Å². The van der Waals surface area contributed by atoms with E-state index >= 15 is 0 Å². The Labute approximate surface area is 206 Å². The van der Waals surface area contributed by atoms with Gasteiger partial charge in [-0.25, -0.2) is 14.4 Å². The summed E-state index contributed by atoms with van der Waals surface area (Å²) in [7, 11) is 0. The van der Waals surface area contributed by atoms with E-state index in [1.54, 1.807) is 18.5 Å². The van der Waals surface area contributed by atoms with Crippen molar-refractivity contribution in [3.8, 4) is 17.5 Å². The van der Waals surface area contributed by atoms with E-state index < -0.39 is 28.1 Å². The van der Waals surface area contributed by atoms with Crippen molar-refractivity contribution in [1.82, 2.24) is 19.9 Å². The summed E-state index contributed by atoms with van der Waals surface area (Å²) in [6.07, 6.45) is 1.98. The van der Waals surface area contributed by atoms with Crippen LogP contribution in [0.15, 0.2) is 66.1 Å². The molecule has 4 rings (SSSR count). The first-order chi connectivity index (χ1) is 17.2. The molecule has 7 nitrogen and oxygen atoms in total. The maximum atomic E-state index is 14.5. The second kappa shape index (κ2) is 10.7. The van der Waals surface area contributed by atoms with Crippen LogP contribution in [0.25, 0.3) is 0 Å². The predicted octanol–water partition coefficient (Wildman–Crippen LogP) is 5.38. The Morgan fingerprint density at radius 2 is 1.81 bits per heavy atom. The molecule has 0 fully saturated rings. The second-order valence-electron chi connectivity index (χ2n) is 7.56. The van der Waals surface area contributed by atoms with Gasteiger partial charge in [-0.3, -0.25) is 4.79 Å². The molecule has 0 radical (unpaired) electrons. The molecule has 2 aromatic carbocycles. The van der Waals surface area contributed by atoms with Crippen molar-refractivity contribution in [2.24, 2.45) is 0 Å². The number of hydrogen-bond acceptors (Lipinski definition) is 6. The van der Waals surface area contributed by atoms with Crippen LogP contribution in [0.5, 0.6) is 17.5 Å². The lowest BCUT2D eigenvalue weighted by molar-refractivity contribution is -0.137. The summed E-state index contributed by atoms with van der Waals surface area (Å²) in [6, 6.07) is 6.99. The van der Waals surface area contributed by atoms with Gasteiger partial charge in [0.1, 0.15) is 12.1 Å². The fourth-order valence-corrected chi connectivity index (χ4v) is 3.43. The number of hydrogen-bond donors (Lipinski definition) is 1. The van der Waals surface area contributed by atoms with Crippen molar-refractivity contribution in [2.45, 2.75) is 19.0 Å². The molecule has 12 heteroatoms. The van der Waals surface area contributed by atoms with E-state index in [9.17, 15) is 22.4 Å². The number of benzene rings is 2. The Morgan fingerprint density at radius 3 is 2.50 bits per heavy atom. The molecule has 4 aromatic rings. The molecule has 186 valence electrons. The van der Waals surface area contributed by atoms with Gasteiger partial charge in [0.15, 0.2) is 11.6 Å². The molecular weight excluding hydrogens is 504 g/mol. The molecule has 0 bridgehead atoms. The summed E-state index contributed by atoms with van der Waals surface area (Å²) in [5, 5.41) is -0.484. The minimum Gasteiger partial charge on any atom is -0.464 e. The standard InChI is InChI=1S/C24H17ClF4N4O3/c25-19-3-2-17(9-18(19)24(27,28)29)36-21-4-1-14(8-20(21)26)5-6-35-23-32-12-16(22(34)33-23)7-15-10-30-13-31-11-15/h1-4,8-13H,5-7H2,(H,32,33,34). The van der Waals surface area contributed by atoms with E-state index in [0.29, 0.717) is 23.6 Å².